The second kappa shape index (κ2) is 6.13. The number of hydrogen-bond acceptors (Lipinski definition) is 5. The molecule has 0 bridgehead atoms. The van der Waals surface area contributed by atoms with E-state index in [1.54, 1.807) is 33.1 Å². The van der Waals surface area contributed by atoms with Gasteiger partial charge in [0, 0.05) is 11.1 Å². The topological polar surface area (TPSA) is 68.3 Å². The summed E-state index contributed by atoms with van der Waals surface area (Å²) in [5, 5.41) is 2.65. The molecule has 0 aliphatic carbocycles. The Morgan fingerprint density at radius 1 is 1.24 bits per heavy atom. The van der Waals surface area contributed by atoms with Crippen LogP contribution in [0, 0.1) is 20.8 Å². The first-order valence-corrected chi connectivity index (χ1v) is 8.75. The zero-order valence-electron chi connectivity index (χ0n) is 12.4. The van der Waals surface area contributed by atoms with Crippen LogP contribution >= 0.6 is 11.3 Å². The van der Waals surface area contributed by atoms with Crippen molar-refractivity contribution < 1.29 is 13.2 Å². The molecule has 1 aromatic carbocycles. The predicted molar refractivity (Wildman–Crippen MR) is 83.3 cm³/mol. The van der Waals surface area contributed by atoms with Crippen LogP contribution in [0.4, 0.5) is 0 Å². The highest BCUT2D eigenvalue weighted by Gasteiger charge is 2.20. The molecule has 7 heteroatoms. The zero-order chi connectivity index (χ0) is 15.6. The van der Waals surface area contributed by atoms with Crippen molar-refractivity contribution in [2.75, 3.05) is 7.11 Å². The van der Waals surface area contributed by atoms with Gasteiger partial charge >= 0.3 is 0 Å². The summed E-state index contributed by atoms with van der Waals surface area (Å²) >= 11 is 1.44. The molecule has 1 N–H and O–H groups in total. The molecule has 0 amide bonds. The van der Waals surface area contributed by atoms with Gasteiger partial charge in [0.2, 0.25) is 10.0 Å². The summed E-state index contributed by atoms with van der Waals surface area (Å²) in [6.45, 7) is 5.60. The molecule has 1 heterocycles. The highest BCUT2D eigenvalue weighted by molar-refractivity contribution is 7.89. The second-order valence-electron chi connectivity index (χ2n) is 4.80. The lowest BCUT2D eigenvalue weighted by molar-refractivity contribution is 0.413. The van der Waals surface area contributed by atoms with Crippen LogP contribution in [0.15, 0.2) is 22.4 Å². The molecule has 1 aromatic heterocycles. The van der Waals surface area contributed by atoms with E-state index in [2.05, 4.69) is 9.71 Å². The highest BCUT2D eigenvalue weighted by atomic mass is 32.2. The van der Waals surface area contributed by atoms with Crippen molar-refractivity contribution in [3.63, 3.8) is 0 Å². The standard InChI is InChI=1S/C14H18N2O3S2/c1-9-5-12(19-4)6-10(2)14(9)21(17,18)15-7-13-16-11(3)8-20-13/h5-6,8,15H,7H2,1-4H3. The highest BCUT2D eigenvalue weighted by Crippen LogP contribution is 2.25. The number of benzene rings is 1. The Kier molecular flexibility index (Phi) is 4.65. The quantitative estimate of drug-likeness (QED) is 0.917. The molecule has 114 valence electrons. The summed E-state index contributed by atoms with van der Waals surface area (Å²) < 4.78 is 32.7. The number of ether oxygens (including phenoxy) is 1. The number of aryl methyl sites for hydroxylation is 3. The molecule has 0 spiro atoms. The summed E-state index contributed by atoms with van der Waals surface area (Å²) in [5.41, 5.74) is 2.22. The molecule has 0 fully saturated rings. The fraction of sp³-hybridized carbons (Fsp3) is 0.357. The molecule has 0 aliphatic heterocycles. The minimum atomic E-state index is -3.57. The fourth-order valence-corrected chi connectivity index (χ4v) is 4.40. The zero-order valence-corrected chi connectivity index (χ0v) is 14.1. The van der Waals surface area contributed by atoms with Crippen LogP contribution in [0.3, 0.4) is 0 Å². The van der Waals surface area contributed by atoms with Crippen molar-refractivity contribution in [2.24, 2.45) is 0 Å². The van der Waals surface area contributed by atoms with E-state index < -0.39 is 10.0 Å². The van der Waals surface area contributed by atoms with Gasteiger partial charge in [0.25, 0.3) is 0 Å². The van der Waals surface area contributed by atoms with Gasteiger partial charge in [-0.25, -0.2) is 18.1 Å². The monoisotopic (exact) mass is 326 g/mol. The number of hydrogen-bond donors (Lipinski definition) is 1. The van der Waals surface area contributed by atoms with E-state index in [-0.39, 0.29) is 6.54 Å². The number of aromatic nitrogens is 1. The van der Waals surface area contributed by atoms with Gasteiger partial charge in [-0.3, -0.25) is 0 Å². The molecular formula is C14H18N2O3S2. The van der Waals surface area contributed by atoms with Gasteiger partial charge in [0.15, 0.2) is 0 Å². The number of methoxy groups -OCH3 is 1. The third-order valence-corrected chi connectivity index (χ3v) is 5.69. The van der Waals surface area contributed by atoms with E-state index in [4.69, 9.17) is 4.74 Å². The van der Waals surface area contributed by atoms with Crippen LogP contribution < -0.4 is 9.46 Å². The summed E-state index contributed by atoms with van der Waals surface area (Å²) in [4.78, 5) is 4.55. The SMILES string of the molecule is COc1cc(C)c(S(=O)(=O)NCc2nc(C)cs2)c(C)c1. The molecule has 0 radical (unpaired) electrons. The van der Waals surface area contributed by atoms with Gasteiger partial charge in [0.05, 0.1) is 18.6 Å². The minimum Gasteiger partial charge on any atom is -0.497 e. The van der Waals surface area contributed by atoms with Crippen molar-refractivity contribution in [3.05, 3.63) is 39.3 Å². The lowest BCUT2D eigenvalue weighted by Gasteiger charge is -2.13. The molecule has 2 aromatic rings. The van der Waals surface area contributed by atoms with Crippen molar-refractivity contribution in [1.82, 2.24) is 9.71 Å². The van der Waals surface area contributed by atoms with Crippen molar-refractivity contribution in [3.8, 4) is 5.75 Å². The van der Waals surface area contributed by atoms with E-state index in [1.165, 1.54) is 11.3 Å². The van der Waals surface area contributed by atoms with Crippen molar-refractivity contribution in [2.45, 2.75) is 32.2 Å². The van der Waals surface area contributed by atoms with Gasteiger partial charge in [0.1, 0.15) is 10.8 Å². The first kappa shape index (κ1) is 15.9. The van der Waals surface area contributed by atoms with E-state index in [9.17, 15) is 8.42 Å². The van der Waals surface area contributed by atoms with Crippen LogP contribution in [0.5, 0.6) is 5.75 Å². The van der Waals surface area contributed by atoms with E-state index in [0.29, 0.717) is 21.8 Å². The Balaban J connectivity index is 2.27. The third-order valence-electron chi connectivity index (χ3n) is 3.02. The minimum absolute atomic E-state index is 0.200. The first-order chi connectivity index (χ1) is 9.83. The Hall–Kier alpha value is -1.44. The van der Waals surface area contributed by atoms with Gasteiger partial charge in [-0.1, -0.05) is 0 Å². The lowest BCUT2D eigenvalue weighted by atomic mass is 10.1. The van der Waals surface area contributed by atoms with E-state index in [1.807, 2.05) is 12.3 Å². The molecule has 2 rings (SSSR count). The largest absolute Gasteiger partial charge is 0.497 e. The van der Waals surface area contributed by atoms with Crippen LogP contribution in [-0.2, 0) is 16.6 Å². The molecule has 0 aliphatic rings. The lowest BCUT2D eigenvalue weighted by Crippen LogP contribution is -2.24. The Labute approximate surface area is 129 Å². The molecule has 0 saturated heterocycles. The van der Waals surface area contributed by atoms with Crippen molar-refractivity contribution in [1.29, 1.82) is 0 Å². The van der Waals surface area contributed by atoms with E-state index >= 15 is 0 Å². The van der Waals surface area contributed by atoms with Crippen molar-refractivity contribution >= 4 is 21.4 Å². The summed E-state index contributed by atoms with van der Waals surface area (Å²) in [6, 6.07) is 3.43. The van der Waals surface area contributed by atoms with Gasteiger partial charge in [-0.15, -0.1) is 11.3 Å². The van der Waals surface area contributed by atoms with Crippen LogP contribution in [0.2, 0.25) is 0 Å². The van der Waals surface area contributed by atoms with Gasteiger partial charge < -0.3 is 4.74 Å². The summed E-state index contributed by atoms with van der Waals surface area (Å²) in [7, 11) is -2.01. The maximum absolute atomic E-state index is 12.5. The molecule has 21 heavy (non-hydrogen) atoms. The van der Waals surface area contributed by atoms with Crippen LogP contribution in [0.25, 0.3) is 0 Å². The number of sulfonamides is 1. The molecular weight excluding hydrogens is 308 g/mol. The Morgan fingerprint density at radius 3 is 2.33 bits per heavy atom. The number of thiazole rings is 1. The molecule has 0 unspecified atom stereocenters. The smallest absolute Gasteiger partial charge is 0.241 e. The number of rotatable bonds is 5. The predicted octanol–water partition coefficient (Wildman–Crippen LogP) is 2.56. The maximum Gasteiger partial charge on any atom is 0.241 e. The fourth-order valence-electron chi connectivity index (χ4n) is 2.17. The average Bonchev–Trinajstić information content (AvgIpc) is 2.81. The Morgan fingerprint density at radius 2 is 1.86 bits per heavy atom. The van der Waals surface area contributed by atoms with Crippen LogP contribution in [-0.4, -0.2) is 20.5 Å². The van der Waals surface area contributed by atoms with Gasteiger partial charge in [-0.05, 0) is 44.0 Å². The average molecular weight is 326 g/mol. The summed E-state index contributed by atoms with van der Waals surface area (Å²) in [6.07, 6.45) is 0. The molecule has 0 saturated carbocycles. The number of nitrogens with zero attached hydrogens (tertiary/aromatic N) is 1. The van der Waals surface area contributed by atoms with Crippen LogP contribution in [0.1, 0.15) is 21.8 Å². The third kappa shape index (κ3) is 3.61. The van der Waals surface area contributed by atoms with E-state index in [0.717, 1.165) is 10.7 Å². The van der Waals surface area contributed by atoms with Gasteiger partial charge in [-0.2, -0.15) is 0 Å². The second-order valence-corrected chi connectivity index (χ2v) is 7.44. The molecule has 0 atom stereocenters. The number of nitrogens with one attached hydrogen (secondary N) is 1. The Bertz CT molecular complexity index is 728. The maximum atomic E-state index is 12.5. The first-order valence-electron chi connectivity index (χ1n) is 6.39. The molecule has 5 nitrogen and oxygen atoms in total. The normalized spacial score (nSPS) is 11.6. The summed E-state index contributed by atoms with van der Waals surface area (Å²) in [5.74, 6) is 0.652.